The Morgan fingerprint density at radius 3 is 2.14 bits per heavy atom. The number of piperidine rings is 1. The van der Waals surface area contributed by atoms with Gasteiger partial charge in [0.1, 0.15) is 0 Å². The van der Waals surface area contributed by atoms with Crippen molar-refractivity contribution in [1.29, 1.82) is 0 Å². The monoisotopic (exact) mass is 298 g/mol. The van der Waals surface area contributed by atoms with E-state index in [0.29, 0.717) is 6.04 Å². The molecule has 0 amide bonds. The molecule has 0 aliphatic carbocycles. The fourth-order valence-corrected chi connectivity index (χ4v) is 3.57. The van der Waals surface area contributed by atoms with Crippen LogP contribution in [0.15, 0.2) is 0 Å². The predicted molar refractivity (Wildman–Crippen MR) is 91.5 cm³/mol. The second-order valence-corrected chi connectivity index (χ2v) is 6.96. The lowest BCUT2D eigenvalue weighted by Crippen LogP contribution is -2.52. The van der Waals surface area contributed by atoms with Crippen molar-refractivity contribution in [3.63, 3.8) is 0 Å². The van der Waals surface area contributed by atoms with Gasteiger partial charge in [0.2, 0.25) is 0 Å². The minimum absolute atomic E-state index is 0.155. The summed E-state index contributed by atoms with van der Waals surface area (Å²) >= 11 is 0. The number of hydrogen-bond acceptors (Lipinski definition) is 3. The first-order valence-electron chi connectivity index (χ1n) is 9.35. The first-order valence-corrected chi connectivity index (χ1v) is 9.35. The summed E-state index contributed by atoms with van der Waals surface area (Å²) in [7, 11) is 0. The van der Waals surface area contributed by atoms with E-state index < -0.39 is 0 Å². The van der Waals surface area contributed by atoms with Crippen molar-refractivity contribution in [1.82, 2.24) is 4.90 Å². The molecule has 0 spiro atoms. The zero-order valence-corrected chi connectivity index (χ0v) is 14.4. The number of unbranched alkanes of at least 4 members (excludes halogenated alkanes) is 6. The highest BCUT2D eigenvalue weighted by Gasteiger charge is 2.28. The molecule has 1 heterocycles. The SMILES string of the molecule is CCCCCCCC(CCCCC)N1C[C@H](N)C[C@@H](O)C1. The largest absolute Gasteiger partial charge is 0.392 e. The number of rotatable bonds is 11. The molecule has 1 saturated heterocycles. The Kier molecular flexibility index (Phi) is 10.3. The molecule has 0 saturated carbocycles. The molecule has 0 aromatic rings. The van der Waals surface area contributed by atoms with Crippen molar-refractivity contribution in [3.05, 3.63) is 0 Å². The molecule has 1 unspecified atom stereocenters. The highest BCUT2D eigenvalue weighted by atomic mass is 16.3. The molecule has 3 atom stereocenters. The van der Waals surface area contributed by atoms with Gasteiger partial charge in [0.05, 0.1) is 6.10 Å². The number of β-amino-alcohol motifs (C(OH)–C–C–N with tert-alkyl or cyclic N) is 1. The van der Waals surface area contributed by atoms with Crippen LogP contribution in [-0.2, 0) is 0 Å². The lowest BCUT2D eigenvalue weighted by molar-refractivity contribution is 0.0309. The lowest BCUT2D eigenvalue weighted by Gasteiger charge is -2.39. The smallest absolute Gasteiger partial charge is 0.0682 e. The summed E-state index contributed by atoms with van der Waals surface area (Å²) in [5.41, 5.74) is 6.10. The molecule has 21 heavy (non-hydrogen) atoms. The first-order chi connectivity index (χ1) is 10.2. The second-order valence-electron chi connectivity index (χ2n) is 6.96. The maximum absolute atomic E-state index is 9.99. The van der Waals surface area contributed by atoms with Crippen LogP contribution < -0.4 is 5.73 Å². The van der Waals surface area contributed by atoms with E-state index in [1.54, 1.807) is 0 Å². The maximum atomic E-state index is 9.99. The van der Waals surface area contributed by atoms with Crippen LogP contribution in [0.1, 0.15) is 84.5 Å². The number of nitrogens with zero attached hydrogens (tertiary/aromatic N) is 1. The summed E-state index contributed by atoms with van der Waals surface area (Å²) < 4.78 is 0. The average molecular weight is 299 g/mol. The van der Waals surface area contributed by atoms with Gasteiger partial charge in [-0.2, -0.15) is 0 Å². The zero-order valence-electron chi connectivity index (χ0n) is 14.4. The highest BCUT2D eigenvalue weighted by molar-refractivity contribution is 4.85. The molecule has 0 aromatic carbocycles. The fourth-order valence-electron chi connectivity index (χ4n) is 3.57. The molecular weight excluding hydrogens is 260 g/mol. The minimum Gasteiger partial charge on any atom is -0.392 e. The van der Waals surface area contributed by atoms with Gasteiger partial charge < -0.3 is 10.8 Å². The third-order valence-corrected chi connectivity index (χ3v) is 4.79. The van der Waals surface area contributed by atoms with Crippen molar-refractivity contribution < 1.29 is 5.11 Å². The highest BCUT2D eigenvalue weighted by Crippen LogP contribution is 2.21. The van der Waals surface area contributed by atoms with Crippen LogP contribution in [0.2, 0.25) is 0 Å². The Morgan fingerprint density at radius 1 is 0.952 bits per heavy atom. The van der Waals surface area contributed by atoms with Crippen LogP contribution in [0.5, 0.6) is 0 Å². The van der Waals surface area contributed by atoms with Crippen molar-refractivity contribution in [2.45, 2.75) is 103 Å². The maximum Gasteiger partial charge on any atom is 0.0682 e. The molecular formula is C18H38N2O. The topological polar surface area (TPSA) is 49.5 Å². The molecule has 0 bridgehead atoms. The van der Waals surface area contributed by atoms with Crippen molar-refractivity contribution in [2.24, 2.45) is 5.73 Å². The lowest BCUT2D eigenvalue weighted by atomic mass is 9.95. The molecule has 126 valence electrons. The van der Waals surface area contributed by atoms with E-state index in [1.165, 1.54) is 64.2 Å². The Bertz CT molecular complexity index is 237. The number of aliphatic hydroxyl groups excluding tert-OH is 1. The molecule has 0 radical (unpaired) electrons. The van der Waals surface area contributed by atoms with Gasteiger partial charge in [-0.15, -0.1) is 0 Å². The van der Waals surface area contributed by atoms with E-state index in [1.807, 2.05) is 0 Å². The normalized spacial score (nSPS) is 25.1. The Morgan fingerprint density at radius 2 is 1.52 bits per heavy atom. The molecule has 3 N–H and O–H groups in total. The van der Waals surface area contributed by atoms with Gasteiger partial charge in [-0.1, -0.05) is 65.2 Å². The van der Waals surface area contributed by atoms with Gasteiger partial charge in [0, 0.05) is 25.2 Å². The molecule has 1 aliphatic heterocycles. The second kappa shape index (κ2) is 11.4. The van der Waals surface area contributed by atoms with Crippen LogP contribution in [0, 0.1) is 0 Å². The van der Waals surface area contributed by atoms with Crippen LogP contribution >= 0.6 is 0 Å². The van der Waals surface area contributed by atoms with E-state index in [4.69, 9.17) is 5.73 Å². The standard InChI is InChI=1S/C18H38N2O/c1-3-5-7-8-10-12-17(11-9-6-4-2)20-14-16(19)13-18(21)15-20/h16-18,21H,3-15,19H2,1-2H3/t16-,17?,18-/m1/s1. The number of likely N-dealkylation sites (tertiary alicyclic amines) is 1. The van der Waals surface area contributed by atoms with Crippen molar-refractivity contribution >= 4 is 0 Å². The number of hydrogen-bond donors (Lipinski definition) is 2. The Labute approximate surface area is 132 Å². The third-order valence-electron chi connectivity index (χ3n) is 4.79. The number of nitrogens with two attached hydrogens (primary N) is 1. The third kappa shape index (κ3) is 8.18. The van der Waals surface area contributed by atoms with Crippen molar-refractivity contribution in [3.8, 4) is 0 Å². The fraction of sp³-hybridized carbons (Fsp3) is 1.00. The van der Waals surface area contributed by atoms with E-state index in [2.05, 4.69) is 18.7 Å². The molecule has 0 aromatic heterocycles. The van der Waals surface area contributed by atoms with Gasteiger partial charge in [-0.25, -0.2) is 0 Å². The Balaban J connectivity index is 2.38. The van der Waals surface area contributed by atoms with Crippen LogP contribution in [0.25, 0.3) is 0 Å². The van der Waals surface area contributed by atoms with Gasteiger partial charge in [0.25, 0.3) is 0 Å². The summed E-state index contributed by atoms with van der Waals surface area (Å²) in [6.07, 6.45) is 13.8. The van der Waals surface area contributed by atoms with Gasteiger partial charge in [0.15, 0.2) is 0 Å². The molecule has 3 heteroatoms. The summed E-state index contributed by atoms with van der Waals surface area (Å²) in [5, 5.41) is 9.99. The first kappa shape index (κ1) is 18.9. The minimum atomic E-state index is -0.220. The van der Waals surface area contributed by atoms with Gasteiger partial charge in [-0.3, -0.25) is 4.90 Å². The molecule has 1 aliphatic rings. The van der Waals surface area contributed by atoms with Crippen LogP contribution in [0.3, 0.4) is 0 Å². The molecule has 3 nitrogen and oxygen atoms in total. The van der Waals surface area contributed by atoms with E-state index in [0.717, 1.165) is 19.5 Å². The summed E-state index contributed by atoms with van der Waals surface area (Å²) in [4.78, 5) is 2.48. The van der Waals surface area contributed by atoms with Gasteiger partial charge >= 0.3 is 0 Å². The predicted octanol–water partition coefficient (Wildman–Crippen LogP) is 3.69. The molecule has 1 fully saturated rings. The van der Waals surface area contributed by atoms with Crippen LogP contribution in [0.4, 0.5) is 0 Å². The van der Waals surface area contributed by atoms with Gasteiger partial charge in [-0.05, 0) is 19.3 Å². The average Bonchev–Trinajstić information content (AvgIpc) is 2.44. The molecule has 1 rings (SSSR count). The summed E-state index contributed by atoms with van der Waals surface area (Å²) in [6, 6.07) is 0.793. The Hall–Kier alpha value is -0.120. The van der Waals surface area contributed by atoms with Crippen molar-refractivity contribution in [2.75, 3.05) is 13.1 Å². The van der Waals surface area contributed by atoms with E-state index in [9.17, 15) is 5.11 Å². The number of aliphatic hydroxyl groups is 1. The summed E-state index contributed by atoms with van der Waals surface area (Å²) in [6.45, 7) is 6.34. The van der Waals surface area contributed by atoms with Crippen LogP contribution in [-0.4, -0.2) is 41.3 Å². The quantitative estimate of drug-likeness (QED) is 0.572. The van der Waals surface area contributed by atoms with E-state index >= 15 is 0 Å². The zero-order chi connectivity index (χ0) is 15.5. The summed E-state index contributed by atoms with van der Waals surface area (Å²) in [5.74, 6) is 0. The van der Waals surface area contributed by atoms with E-state index in [-0.39, 0.29) is 12.1 Å².